The summed E-state index contributed by atoms with van der Waals surface area (Å²) in [7, 11) is 0. The van der Waals surface area contributed by atoms with E-state index in [-0.39, 0.29) is 0 Å². The van der Waals surface area contributed by atoms with Crippen LogP contribution in [0, 0.1) is 0 Å². The summed E-state index contributed by atoms with van der Waals surface area (Å²) in [4.78, 5) is 0. The molecule has 1 saturated heterocycles. The lowest BCUT2D eigenvalue weighted by molar-refractivity contribution is 0.281. The van der Waals surface area contributed by atoms with Crippen molar-refractivity contribution in [3.63, 3.8) is 0 Å². The van der Waals surface area contributed by atoms with Gasteiger partial charge >= 0.3 is 0 Å². The van der Waals surface area contributed by atoms with E-state index in [0.29, 0.717) is 12.6 Å². The molecule has 0 aromatic rings. The second-order valence-electron chi connectivity index (χ2n) is 3.43. The van der Waals surface area contributed by atoms with Gasteiger partial charge in [0, 0.05) is 19.2 Å². The lowest BCUT2D eigenvalue weighted by Gasteiger charge is -2.23. The van der Waals surface area contributed by atoms with Crippen molar-refractivity contribution >= 4 is 0 Å². The van der Waals surface area contributed by atoms with Crippen molar-refractivity contribution < 1.29 is 5.11 Å². The van der Waals surface area contributed by atoms with Gasteiger partial charge in [0.25, 0.3) is 0 Å². The molecular formula is C9H20N2O. The maximum atomic E-state index is 8.56. The first-order valence-electron chi connectivity index (χ1n) is 4.98. The SMILES string of the molecule is OCCCCNC1CCCNC1. The Morgan fingerprint density at radius 3 is 3.00 bits per heavy atom. The fraction of sp³-hybridized carbons (Fsp3) is 1.00. The average molecular weight is 172 g/mol. The molecule has 1 heterocycles. The highest BCUT2D eigenvalue weighted by Gasteiger charge is 2.10. The van der Waals surface area contributed by atoms with E-state index in [1.54, 1.807) is 0 Å². The number of piperidine rings is 1. The van der Waals surface area contributed by atoms with Crippen molar-refractivity contribution in [2.75, 3.05) is 26.2 Å². The fourth-order valence-corrected chi connectivity index (χ4v) is 1.57. The highest BCUT2D eigenvalue weighted by molar-refractivity contribution is 4.74. The maximum Gasteiger partial charge on any atom is 0.0431 e. The fourth-order valence-electron chi connectivity index (χ4n) is 1.57. The Bertz CT molecular complexity index is 103. The van der Waals surface area contributed by atoms with Crippen molar-refractivity contribution in [1.29, 1.82) is 0 Å². The van der Waals surface area contributed by atoms with Crippen molar-refractivity contribution in [2.24, 2.45) is 0 Å². The Morgan fingerprint density at radius 2 is 2.33 bits per heavy atom. The van der Waals surface area contributed by atoms with E-state index in [4.69, 9.17) is 5.11 Å². The first kappa shape index (κ1) is 9.96. The molecule has 1 rings (SSSR count). The molecule has 3 heteroatoms. The van der Waals surface area contributed by atoms with E-state index in [1.165, 1.54) is 19.4 Å². The van der Waals surface area contributed by atoms with Crippen LogP contribution in [0.4, 0.5) is 0 Å². The van der Waals surface area contributed by atoms with Crippen LogP contribution in [0.25, 0.3) is 0 Å². The van der Waals surface area contributed by atoms with Gasteiger partial charge in [0.15, 0.2) is 0 Å². The summed E-state index contributed by atoms with van der Waals surface area (Å²) >= 11 is 0. The molecule has 1 fully saturated rings. The van der Waals surface area contributed by atoms with Crippen molar-refractivity contribution in [3.8, 4) is 0 Å². The Morgan fingerprint density at radius 1 is 1.42 bits per heavy atom. The second kappa shape index (κ2) is 6.40. The van der Waals surface area contributed by atoms with Gasteiger partial charge < -0.3 is 15.7 Å². The van der Waals surface area contributed by atoms with E-state index < -0.39 is 0 Å². The maximum absolute atomic E-state index is 8.56. The van der Waals surface area contributed by atoms with Crippen LogP contribution in [0.1, 0.15) is 25.7 Å². The minimum atomic E-state index is 0.324. The van der Waals surface area contributed by atoms with Gasteiger partial charge in [0.1, 0.15) is 0 Å². The molecule has 1 unspecified atom stereocenters. The van der Waals surface area contributed by atoms with E-state index in [9.17, 15) is 0 Å². The van der Waals surface area contributed by atoms with Crippen LogP contribution in [0.15, 0.2) is 0 Å². The minimum absolute atomic E-state index is 0.324. The van der Waals surface area contributed by atoms with Crippen molar-refractivity contribution in [3.05, 3.63) is 0 Å². The number of hydrogen-bond donors (Lipinski definition) is 3. The minimum Gasteiger partial charge on any atom is -0.396 e. The van der Waals surface area contributed by atoms with Gasteiger partial charge in [-0.15, -0.1) is 0 Å². The average Bonchev–Trinajstić information content (AvgIpc) is 2.14. The molecule has 1 aliphatic heterocycles. The molecule has 0 spiro atoms. The number of aliphatic hydroxyl groups is 1. The number of rotatable bonds is 5. The molecule has 0 aliphatic carbocycles. The highest BCUT2D eigenvalue weighted by Crippen LogP contribution is 2.00. The van der Waals surface area contributed by atoms with Crippen molar-refractivity contribution in [1.82, 2.24) is 10.6 Å². The van der Waals surface area contributed by atoms with Crippen molar-refractivity contribution in [2.45, 2.75) is 31.7 Å². The van der Waals surface area contributed by atoms with Gasteiger partial charge in [0.05, 0.1) is 0 Å². The quantitative estimate of drug-likeness (QED) is 0.515. The Labute approximate surface area is 74.5 Å². The van der Waals surface area contributed by atoms with Crippen LogP contribution in [0.2, 0.25) is 0 Å². The third-order valence-electron chi connectivity index (χ3n) is 2.31. The van der Waals surface area contributed by atoms with Crippen LogP contribution < -0.4 is 10.6 Å². The molecule has 3 N–H and O–H groups in total. The third kappa shape index (κ3) is 4.04. The molecule has 0 saturated carbocycles. The van der Waals surface area contributed by atoms with E-state index in [1.807, 2.05) is 0 Å². The summed E-state index contributed by atoms with van der Waals surface area (Å²) in [6.07, 6.45) is 4.60. The molecule has 3 nitrogen and oxygen atoms in total. The lowest BCUT2D eigenvalue weighted by atomic mass is 10.1. The summed E-state index contributed by atoms with van der Waals surface area (Å²) in [5.74, 6) is 0. The summed E-state index contributed by atoms with van der Waals surface area (Å²) < 4.78 is 0. The van der Waals surface area contributed by atoms with Crippen LogP contribution in [0.5, 0.6) is 0 Å². The Hall–Kier alpha value is -0.120. The normalized spacial score (nSPS) is 24.2. The number of unbranched alkanes of at least 4 members (excludes halogenated alkanes) is 1. The van der Waals surface area contributed by atoms with Crippen LogP contribution in [-0.2, 0) is 0 Å². The van der Waals surface area contributed by atoms with Gasteiger partial charge in [-0.05, 0) is 38.8 Å². The standard InChI is InChI=1S/C9H20N2O/c12-7-2-1-6-11-9-4-3-5-10-8-9/h9-12H,1-8H2. The summed E-state index contributed by atoms with van der Waals surface area (Å²) in [5, 5.41) is 15.4. The van der Waals surface area contributed by atoms with E-state index in [0.717, 1.165) is 25.9 Å². The first-order valence-corrected chi connectivity index (χ1v) is 4.98. The molecule has 72 valence electrons. The lowest BCUT2D eigenvalue weighted by Crippen LogP contribution is -2.43. The number of aliphatic hydroxyl groups excluding tert-OH is 1. The van der Waals surface area contributed by atoms with Gasteiger partial charge in [-0.2, -0.15) is 0 Å². The summed E-state index contributed by atoms with van der Waals surface area (Å²) in [5.41, 5.74) is 0. The van der Waals surface area contributed by atoms with Crippen LogP contribution in [-0.4, -0.2) is 37.4 Å². The monoisotopic (exact) mass is 172 g/mol. The largest absolute Gasteiger partial charge is 0.396 e. The summed E-state index contributed by atoms with van der Waals surface area (Å²) in [6.45, 7) is 3.66. The molecule has 0 bridgehead atoms. The first-order chi connectivity index (χ1) is 5.93. The van der Waals surface area contributed by atoms with Gasteiger partial charge in [-0.25, -0.2) is 0 Å². The predicted octanol–water partition coefficient (Wildman–Crippen LogP) is 0.100. The molecule has 0 amide bonds. The van der Waals surface area contributed by atoms with E-state index >= 15 is 0 Å². The second-order valence-corrected chi connectivity index (χ2v) is 3.43. The summed E-state index contributed by atoms with van der Waals surface area (Å²) in [6, 6.07) is 0.664. The topological polar surface area (TPSA) is 44.3 Å². The van der Waals surface area contributed by atoms with Crippen LogP contribution >= 0.6 is 0 Å². The molecule has 0 radical (unpaired) electrons. The Balaban J connectivity index is 1.91. The van der Waals surface area contributed by atoms with Gasteiger partial charge in [0.2, 0.25) is 0 Å². The Kier molecular flexibility index (Phi) is 5.32. The molecule has 1 aliphatic rings. The highest BCUT2D eigenvalue weighted by atomic mass is 16.2. The predicted molar refractivity (Wildman–Crippen MR) is 50.2 cm³/mol. The number of hydrogen-bond acceptors (Lipinski definition) is 3. The zero-order valence-electron chi connectivity index (χ0n) is 7.68. The molecule has 0 aromatic carbocycles. The smallest absolute Gasteiger partial charge is 0.0431 e. The van der Waals surface area contributed by atoms with Gasteiger partial charge in [-0.1, -0.05) is 0 Å². The zero-order valence-corrected chi connectivity index (χ0v) is 7.68. The van der Waals surface area contributed by atoms with Crippen LogP contribution in [0.3, 0.4) is 0 Å². The van der Waals surface area contributed by atoms with Gasteiger partial charge in [-0.3, -0.25) is 0 Å². The third-order valence-corrected chi connectivity index (χ3v) is 2.31. The zero-order chi connectivity index (χ0) is 8.65. The molecular weight excluding hydrogens is 152 g/mol. The number of nitrogens with one attached hydrogen (secondary N) is 2. The van der Waals surface area contributed by atoms with E-state index in [2.05, 4.69) is 10.6 Å². The molecule has 1 atom stereocenters. The molecule has 0 aromatic heterocycles. The molecule has 12 heavy (non-hydrogen) atoms.